The molecular formula is C21H22NO4+. The molecule has 5 heteroatoms. The van der Waals surface area contributed by atoms with Gasteiger partial charge in [-0.05, 0) is 29.9 Å². The van der Waals surface area contributed by atoms with Gasteiger partial charge < -0.3 is 18.9 Å². The first-order valence-electron chi connectivity index (χ1n) is 8.51. The van der Waals surface area contributed by atoms with E-state index in [2.05, 4.69) is 34.9 Å². The summed E-state index contributed by atoms with van der Waals surface area (Å²) in [6, 6.07) is 4.04. The molecule has 1 aromatic rings. The predicted molar refractivity (Wildman–Crippen MR) is 99.2 cm³/mol. The maximum atomic E-state index is 5.76. The Morgan fingerprint density at radius 2 is 1.81 bits per heavy atom. The molecule has 0 saturated heterocycles. The van der Waals surface area contributed by atoms with Gasteiger partial charge in [0.2, 0.25) is 5.75 Å². The van der Waals surface area contributed by atoms with Crippen molar-refractivity contribution < 1.29 is 18.9 Å². The minimum Gasteiger partial charge on any atom is -0.496 e. The third-order valence-electron chi connectivity index (χ3n) is 5.07. The van der Waals surface area contributed by atoms with Crippen molar-refractivity contribution in [3.8, 4) is 11.5 Å². The topological polar surface area (TPSA) is 39.9 Å². The minimum absolute atomic E-state index is 0.0181. The van der Waals surface area contributed by atoms with E-state index in [-0.39, 0.29) is 5.92 Å². The Hall–Kier alpha value is -2.95. The molecule has 0 bridgehead atoms. The quantitative estimate of drug-likeness (QED) is 0.770. The van der Waals surface area contributed by atoms with Crippen LogP contribution in [0.5, 0.6) is 11.5 Å². The van der Waals surface area contributed by atoms with Crippen molar-refractivity contribution in [2.45, 2.75) is 0 Å². The molecule has 0 aromatic heterocycles. The van der Waals surface area contributed by atoms with Crippen LogP contribution in [0.25, 0.3) is 5.57 Å². The average molecular weight is 352 g/mol. The zero-order valence-electron chi connectivity index (χ0n) is 15.4. The van der Waals surface area contributed by atoms with Crippen LogP contribution >= 0.6 is 0 Å². The molecule has 5 nitrogen and oxygen atoms in total. The van der Waals surface area contributed by atoms with Gasteiger partial charge in [0, 0.05) is 6.08 Å². The summed E-state index contributed by atoms with van der Waals surface area (Å²) >= 11 is 0. The lowest BCUT2D eigenvalue weighted by atomic mass is 9.84. The number of fused-ring (bicyclic) bond motifs is 4. The molecule has 0 N–H and O–H groups in total. The number of nitrogens with zero attached hydrogens (tertiary/aromatic N) is 1. The van der Waals surface area contributed by atoms with Gasteiger partial charge in [0.1, 0.15) is 5.92 Å². The van der Waals surface area contributed by atoms with Gasteiger partial charge in [-0.1, -0.05) is 12.2 Å². The van der Waals surface area contributed by atoms with Crippen molar-refractivity contribution in [1.29, 1.82) is 0 Å². The molecule has 2 aliphatic heterocycles. The fourth-order valence-electron chi connectivity index (χ4n) is 3.97. The van der Waals surface area contributed by atoms with Gasteiger partial charge in [0.25, 0.3) is 5.36 Å². The Balaban J connectivity index is 2.15. The highest BCUT2D eigenvalue weighted by atomic mass is 16.5. The van der Waals surface area contributed by atoms with Gasteiger partial charge >= 0.3 is 0 Å². The SMILES string of the molecule is COC1=C(OC)C2C3=CC=CC[N+]3=c3c(OC)c(OC)ccc3=C2C=C1. The summed E-state index contributed by atoms with van der Waals surface area (Å²) in [5, 5.41) is 2.13. The van der Waals surface area contributed by atoms with Crippen LogP contribution < -0.4 is 24.6 Å². The maximum Gasteiger partial charge on any atom is 0.259 e. The summed E-state index contributed by atoms with van der Waals surface area (Å²) in [6.07, 6.45) is 10.4. The fraction of sp³-hybridized carbons (Fsp3) is 0.286. The molecule has 1 atom stereocenters. The zero-order chi connectivity index (χ0) is 18.3. The van der Waals surface area contributed by atoms with Gasteiger partial charge in [0.15, 0.2) is 29.5 Å². The summed E-state index contributed by atoms with van der Waals surface area (Å²) in [4.78, 5) is 0. The molecule has 0 radical (unpaired) electrons. The summed E-state index contributed by atoms with van der Waals surface area (Å²) in [6.45, 7) is 0.759. The lowest BCUT2D eigenvalue weighted by Gasteiger charge is -2.28. The number of hydrogen-bond donors (Lipinski definition) is 0. The second kappa shape index (κ2) is 6.41. The van der Waals surface area contributed by atoms with E-state index in [1.165, 1.54) is 0 Å². The van der Waals surface area contributed by atoms with Crippen molar-refractivity contribution in [3.63, 3.8) is 0 Å². The van der Waals surface area contributed by atoms with Crippen LogP contribution in [0.1, 0.15) is 0 Å². The highest BCUT2D eigenvalue weighted by Crippen LogP contribution is 2.38. The predicted octanol–water partition coefficient (Wildman–Crippen LogP) is 1.50. The van der Waals surface area contributed by atoms with E-state index in [4.69, 9.17) is 18.9 Å². The molecule has 4 rings (SSSR count). The summed E-state index contributed by atoms with van der Waals surface area (Å²) in [5.74, 6) is 3.01. The van der Waals surface area contributed by atoms with E-state index in [1.54, 1.807) is 28.4 Å². The maximum absolute atomic E-state index is 5.76. The Morgan fingerprint density at radius 3 is 2.50 bits per heavy atom. The molecule has 0 amide bonds. The van der Waals surface area contributed by atoms with Crippen LogP contribution in [-0.2, 0) is 9.47 Å². The number of benzene rings is 1. The Kier molecular flexibility index (Phi) is 4.07. The zero-order valence-corrected chi connectivity index (χ0v) is 15.4. The first-order valence-corrected chi connectivity index (χ1v) is 8.51. The molecule has 0 saturated carbocycles. The standard InChI is InChI=1S/C21H22NO4/c1-23-16-10-8-13-14-9-11-17(24-2)21(26-4)19(14)22-12-6-5-7-15(22)18(13)20(16)25-3/h5-11,18H,12H2,1-4H3/q+1. The first kappa shape index (κ1) is 16.5. The van der Waals surface area contributed by atoms with Crippen molar-refractivity contribution in [3.05, 3.63) is 70.3 Å². The van der Waals surface area contributed by atoms with Gasteiger partial charge in [-0.2, -0.15) is 4.58 Å². The van der Waals surface area contributed by atoms with E-state index in [0.29, 0.717) is 0 Å². The third kappa shape index (κ3) is 2.20. The molecule has 1 aromatic carbocycles. The van der Waals surface area contributed by atoms with Crippen LogP contribution in [0.3, 0.4) is 0 Å². The summed E-state index contributed by atoms with van der Waals surface area (Å²) in [5.41, 5.74) is 2.30. The minimum atomic E-state index is -0.0181. The molecule has 3 aliphatic rings. The highest BCUT2D eigenvalue weighted by Gasteiger charge is 2.41. The van der Waals surface area contributed by atoms with Gasteiger partial charge in [-0.3, -0.25) is 0 Å². The normalized spacial score (nSPS) is 20.2. The smallest absolute Gasteiger partial charge is 0.259 e. The molecule has 1 unspecified atom stereocenters. The molecule has 26 heavy (non-hydrogen) atoms. The van der Waals surface area contributed by atoms with Crippen LogP contribution in [-0.4, -0.2) is 35.0 Å². The number of ether oxygens (including phenoxy) is 4. The van der Waals surface area contributed by atoms with Crippen LogP contribution in [0, 0.1) is 5.92 Å². The van der Waals surface area contributed by atoms with Crippen molar-refractivity contribution >= 4 is 5.57 Å². The van der Waals surface area contributed by atoms with E-state index >= 15 is 0 Å². The van der Waals surface area contributed by atoms with Gasteiger partial charge in [-0.25, -0.2) is 0 Å². The fourth-order valence-corrected chi connectivity index (χ4v) is 3.97. The lowest BCUT2D eigenvalue weighted by molar-refractivity contribution is 0.210. The summed E-state index contributed by atoms with van der Waals surface area (Å²) in [7, 11) is 6.70. The Labute approximate surface area is 152 Å². The number of hydrogen-bond acceptors (Lipinski definition) is 4. The molecule has 2 heterocycles. The third-order valence-corrected chi connectivity index (χ3v) is 5.07. The van der Waals surface area contributed by atoms with E-state index < -0.39 is 0 Å². The van der Waals surface area contributed by atoms with Crippen molar-refractivity contribution in [1.82, 2.24) is 4.58 Å². The highest BCUT2D eigenvalue weighted by molar-refractivity contribution is 5.71. The van der Waals surface area contributed by atoms with Crippen LogP contribution in [0.15, 0.2) is 59.7 Å². The Bertz CT molecular complexity index is 1010. The van der Waals surface area contributed by atoms with Gasteiger partial charge in [0.05, 0.1) is 33.7 Å². The first-order chi connectivity index (χ1) is 12.7. The van der Waals surface area contributed by atoms with Crippen LogP contribution in [0.4, 0.5) is 0 Å². The Morgan fingerprint density at radius 1 is 0.962 bits per heavy atom. The van der Waals surface area contributed by atoms with Crippen molar-refractivity contribution in [2.75, 3.05) is 35.0 Å². The van der Waals surface area contributed by atoms with E-state index in [1.807, 2.05) is 12.1 Å². The molecular weight excluding hydrogens is 330 g/mol. The molecule has 0 fully saturated rings. The summed E-state index contributed by atoms with van der Waals surface area (Å²) < 4.78 is 24.8. The van der Waals surface area contributed by atoms with Crippen molar-refractivity contribution in [2.24, 2.45) is 5.92 Å². The number of methoxy groups -OCH3 is 4. The molecule has 0 spiro atoms. The molecule has 1 aliphatic carbocycles. The second-order valence-electron chi connectivity index (χ2n) is 6.19. The monoisotopic (exact) mass is 352 g/mol. The number of allylic oxidation sites excluding steroid dienone is 4. The second-order valence-corrected chi connectivity index (χ2v) is 6.19. The van der Waals surface area contributed by atoms with E-state index in [9.17, 15) is 0 Å². The molecule has 134 valence electrons. The average Bonchev–Trinajstić information content (AvgIpc) is 2.71. The van der Waals surface area contributed by atoms with Gasteiger partial charge in [-0.15, -0.1) is 0 Å². The van der Waals surface area contributed by atoms with E-state index in [0.717, 1.165) is 51.4 Å². The lowest BCUT2D eigenvalue weighted by Crippen LogP contribution is -2.49. The van der Waals surface area contributed by atoms with Crippen LogP contribution in [0.2, 0.25) is 0 Å². The number of rotatable bonds is 4. The largest absolute Gasteiger partial charge is 0.496 e.